The second kappa shape index (κ2) is 6.87. The molecule has 0 aromatic heterocycles. The molecule has 0 N–H and O–H groups in total. The lowest BCUT2D eigenvalue weighted by atomic mass is 10.1. The number of anilines is 2. The fourth-order valence-corrected chi connectivity index (χ4v) is 3.02. The van der Waals surface area contributed by atoms with Crippen molar-refractivity contribution in [1.29, 1.82) is 0 Å². The predicted molar refractivity (Wildman–Crippen MR) is 95.2 cm³/mol. The first-order valence-corrected chi connectivity index (χ1v) is 7.82. The number of halogens is 2. The summed E-state index contributed by atoms with van der Waals surface area (Å²) in [4.78, 5) is 2.14. The molecule has 0 atom stereocenters. The fraction of sp³-hybridized carbons (Fsp3) is 0.0526. The van der Waals surface area contributed by atoms with Gasteiger partial charge in [0.05, 0.1) is 15.7 Å². The number of rotatable bonds is 4. The average Bonchev–Trinajstić information content (AvgIpc) is 2.55. The van der Waals surface area contributed by atoms with Crippen LogP contribution in [0.25, 0.3) is 0 Å². The highest BCUT2D eigenvalue weighted by Crippen LogP contribution is 2.38. The van der Waals surface area contributed by atoms with Crippen LogP contribution >= 0.6 is 23.2 Å². The van der Waals surface area contributed by atoms with Gasteiger partial charge in [0.25, 0.3) is 0 Å². The molecule has 1 nitrogen and oxygen atoms in total. The zero-order valence-electron chi connectivity index (χ0n) is 11.9. The SMILES string of the molecule is Clc1cccc(Cl)c1N(Cc1ccccc1)c1ccccc1. The summed E-state index contributed by atoms with van der Waals surface area (Å²) in [6.45, 7) is 0.703. The summed E-state index contributed by atoms with van der Waals surface area (Å²) in [6, 6.07) is 26.0. The van der Waals surface area contributed by atoms with Gasteiger partial charge in [0, 0.05) is 12.2 Å². The topological polar surface area (TPSA) is 3.24 Å². The number of hydrogen-bond acceptors (Lipinski definition) is 1. The van der Waals surface area contributed by atoms with Gasteiger partial charge in [-0.15, -0.1) is 0 Å². The van der Waals surface area contributed by atoms with Crippen LogP contribution in [-0.4, -0.2) is 0 Å². The first-order chi connectivity index (χ1) is 10.8. The van der Waals surface area contributed by atoms with E-state index in [0.717, 1.165) is 11.4 Å². The Morgan fingerprint density at radius 2 is 1.18 bits per heavy atom. The van der Waals surface area contributed by atoms with Gasteiger partial charge in [0.15, 0.2) is 0 Å². The number of benzene rings is 3. The molecule has 0 radical (unpaired) electrons. The average molecular weight is 328 g/mol. The van der Waals surface area contributed by atoms with Crippen molar-refractivity contribution in [1.82, 2.24) is 0 Å². The Balaban J connectivity index is 2.07. The summed E-state index contributed by atoms with van der Waals surface area (Å²) in [5, 5.41) is 1.29. The van der Waals surface area contributed by atoms with E-state index in [1.165, 1.54) is 5.56 Å². The Bertz CT molecular complexity index is 722. The van der Waals surface area contributed by atoms with Gasteiger partial charge in [-0.3, -0.25) is 0 Å². The van der Waals surface area contributed by atoms with E-state index in [1.807, 2.05) is 54.6 Å². The monoisotopic (exact) mass is 327 g/mol. The van der Waals surface area contributed by atoms with Crippen LogP contribution in [0, 0.1) is 0 Å². The molecule has 0 fully saturated rings. The van der Waals surface area contributed by atoms with Gasteiger partial charge in [-0.1, -0.05) is 77.8 Å². The summed E-state index contributed by atoms with van der Waals surface area (Å²) in [6.07, 6.45) is 0. The van der Waals surface area contributed by atoms with Crippen molar-refractivity contribution in [3.63, 3.8) is 0 Å². The van der Waals surface area contributed by atoms with Crippen molar-refractivity contribution in [3.05, 3.63) is 94.5 Å². The molecule has 3 aromatic rings. The maximum Gasteiger partial charge on any atom is 0.0792 e. The minimum Gasteiger partial charge on any atom is -0.335 e. The number of para-hydroxylation sites is 2. The molecule has 3 rings (SSSR count). The first-order valence-electron chi connectivity index (χ1n) is 7.06. The Labute approximate surface area is 140 Å². The lowest BCUT2D eigenvalue weighted by molar-refractivity contribution is 0.976. The van der Waals surface area contributed by atoms with E-state index in [-0.39, 0.29) is 0 Å². The van der Waals surface area contributed by atoms with Crippen molar-refractivity contribution in [2.24, 2.45) is 0 Å². The highest BCUT2D eigenvalue weighted by atomic mass is 35.5. The normalized spacial score (nSPS) is 10.5. The highest BCUT2D eigenvalue weighted by Gasteiger charge is 2.16. The molecule has 0 bridgehead atoms. The molecule has 0 aliphatic carbocycles. The van der Waals surface area contributed by atoms with Crippen LogP contribution in [0.4, 0.5) is 11.4 Å². The Morgan fingerprint density at radius 1 is 0.636 bits per heavy atom. The number of hydrogen-bond donors (Lipinski definition) is 0. The molecular weight excluding hydrogens is 313 g/mol. The minimum absolute atomic E-state index is 0.646. The Morgan fingerprint density at radius 3 is 1.77 bits per heavy atom. The van der Waals surface area contributed by atoms with Gasteiger partial charge < -0.3 is 4.90 Å². The molecule has 0 aliphatic rings. The van der Waals surface area contributed by atoms with Gasteiger partial charge >= 0.3 is 0 Å². The second-order valence-electron chi connectivity index (χ2n) is 4.98. The van der Waals surface area contributed by atoms with Crippen molar-refractivity contribution in [2.45, 2.75) is 6.54 Å². The predicted octanol–water partition coefficient (Wildman–Crippen LogP) is 6.33. The van der Waals surface area contributed by atoms with Gasteiger partial charge in [0.2, 0.25) is 0 Å². The van der Waals surface area contributed by atoms with E-state index in [9.17, 15) is 0 Å². The summed E-state index contributed by atoms with van der Waals surface area (Å²) in [5.41, 5.74) is 3.09. The smallest absolute Gasteiger partial charge is 0.0792 e. The zero-order valence-corrected chi connectivity index (χ0v) is 13.4. The summed E-state index contributed by atoms with van der Waals surface area (Å²) >= 11 is 12.8. The van der Waals surface area contributed by atoms with E-state index in [1.54, 1.807) is 0 Å². The van der Waals surface area contributed by atoms with E-state index in [2.05, 4.69) is 29.2 Å². The zero-order chi connectivity index (χ0) is 15.4. The molecule has 0 amide bonds. The number of nitrogens with zero attached hydrogens (tertiary/aromatic N) is 1. The molecular formula is C19H15Cl2N. The first kappa shape index (κ1) is 15.0. The van der Waals surface area contributed by atoms with Crippen LogP contribution in [0.15, 0.2) is 78.9 Å². The van der Waals surface area contributed by atoms with Gasteiger partial charge in [0.1, 0.15) is 0 Å². The summed E-state index contributed by atoms with van der Waals surface area (Å²) in [5.74, 6) is 0. The summed E-state index contributed by atoms with van der Waals surface area (Å²) in [7, 11) is 0. The van der Waals surface area contributed by atoms with Crippen LogP contribution in [0.5, 0.6) is 0 Å². The molecule has 110 valence electrons. The molecule has 0 unspecified atom stereocenters. The van der Waals surface area contributed by atoms with Crippen LogP contribution in [0.2, 0.25) is 10.0 Å². The summed E-state index contributed by atoms with van der Waals surface area (Å²) < 4.78 is 0. The maximum atomic E-state index is 6.41. The van der Waals surface area contributed by atoms with Crippen LogP contribution in [-0.2, 0) is 6.54 Å². The molecule has 0 heterocycles. The van der Waals surface area contributed by atoms with E-state index in [0.29, 0.717) is 16.6 Å². The second-order valence-corrected chi connectivity index (χ2v) is 5.79. The van der Waals surface area contributed by atoms with Crippen molar-refractivity contribution in [3.8, 4) is 0 Å². The van der Waals surface area contributed by atoms with Crippen LogP contribution in [0.3, 0.4) is 0 Å². The fourth-order valence-electron chi connectivity index (χ4n) is 2.42. The molecule has 0 saturated heterocycles. The Hall–Kier alpha value is -1.96. The van der Waals surface area contributed by atoms with Crippen molar-refractivity contribution >= 4 is 34.6 Å². The van der Waals surface area contributed by atoms with E-state index >= 15 is 0 Å². The lowest BCUT2D eigenvalue weighted by Crippen LogP contribution is -2.17. The molecule has 0 spiro atoms. The van der Waals surface area contributed by atoms with Crippen LogP contribution < -0.4 is 4.90 Å². The minimum atomic E-state index is 0.646. The molecule has 0 saturated carbocycles. The van der Waals surface area contributed by atoms with Crippen LogP contribution in [0.1, 0.15) is 5.56 Å². The quantitative estimate of drug-likeness (QED) is 0.541. The third kappa shape index (κ3) is 3.27. The molecule has 0 aliphatic heterocycles. The van der Waals surface area contributed by atoms with Gasteiger partial charge in [-0.05, 0) is 29.8 Å². The molecule has 3 aromatic carbocycles. The highest BCUT2D eigenvalue weighted by molar-refractivity contribution is 6.39. The standard InChI is InChI=1S/C19H15Cl2N/c20-17-12-7-13-18(21)19(17)22(16-10-5-2-6-11-16)14-15-8-3-1-4-9-15/h1-13H,14H2. The largest absolute Gasteiger partial charge is 0.335 e. The third-order valence-electron chi connectivity index (χ3n) is 3.46. The molecule has 3 heteroatoms. The Kier molecular flexibility index (Phi) is 4.67. The van der Waals surface area contributed by atoms with E-state index < -0.39 is 0 Å². The van der Waals surface area contributed by atoms with E-state index in [4.69, 9.17) is 23.2 Å². The molecule has 22 heavy (non-hydrogen) atoms. The van der Waals surface area contributed by atoms with Crippen molar-refractivity contribution < 1.29 is 0 Å². The van der Waals surface area contributed by atoms with Crippen molar-refractivity contribution in [2.75, 3.05) is 4.90 Å². The van der Waals surface area contributed by atoms with Gasteiger partial charge in [-0.2, -0.15) is 0 Å². The maximum absolute atomic E-state index is 6.41. The van der Waals surface area contributed by atoms with Gasteiger partial charge in [-0.25, -0.2) is 0 Å². The third-order valence-corrected chi connectivity index (χ3v) is 4.07. The lowest BCUT2D eigenvalue weighted by Gasteiger charge is -2.27.